The van der Waals surface area contributed by atoms with Crippen LogP contribution in [0.4, 0.5) is 0 Å². The molecule has 4 heteroatoms. The molecule has 200 valence electrons. The quantitative estimate of drug-likeness (QED) is 0.110. The van der Waals surface area contributed by atoms with Crippen LogP contribution in [0.2, 0.25) is 0 Å². The highest BCUT2D eigenvalue weighted by Gasteiger charge is 2.25. The number of carboxylic acid groups (broad SMARTS) is 1. The van der Waals surface area contributed by atoms with Crippen LogP contribution in [-0.4, -0.2) is 50.3 Å². The SMILES string of the molecule is CC(=O)[O-].CCCCCCCC[N+](CCCCCCCC)(CCCCCCCC)CCOC. The van der Waals surface area contributed by atoms with Gasteiger partial charge in [0.1, 0.15) is 6.54 Å². The minimum Gasteiger partial charge on any atom is -0.550 e. The second kappa shape index (κ2) is 27.6. The molecule has 0 rings (SSSR count). The van der Waals surface area contributed by atoms with Crippen molar-refractivity contribution in [2.75, 3.05) is 39.9 Å². The first-order valence-corrected chi connectivity index (χ1v) is 14.5. The van der Waals surface area contributed by atoms with Crippen molar-refractivity contribution < 1.29 is 19.1 Å². The van der Waals surface area contributed by atoms with Crippen LogP contribution in [0.15, 0.2) is 0 Å². The standard InChI is InChI=1S/C27H58NO.C2H4O2/c1-5-8-11-14-17-20-23-28(26-27-29-4,24-21-18-15-12-9-6-2)25-22-19-16-13-10-7-3;1-2(3)4/h5-27H2,1-4H3;1H3,(H,3,4)/q+1;/p-1. The number of carbonyl (C=O) groups excluding carboxylic acids is 1. The lowest BCUT2D eigenvalue weighted by Crippen LogP contribution is -2.52. The van der Waals surface area contributed by atoms with Crippen molar-refractivity contribution in [1.82, 2.24) is 0 Å². The van der Waals surface area contributed by atoms with E-state index >= 15 is 0 Å². The fraction of sp³-hybridized carbons (Fsp3) is 0.966. The number of aliphatic carboxylic acids is 1. The highest BCUT2D eigenvalue weighted by atomic mass is 16.5. The van der Waals surface area contributed by atoms with E-state index in [0.29, 0.717) is 0 Å². The fourth-order valence-electron chi connectivity index (χ4n) is 4.64. The van der Waals surface area contributed by atoms with Crippen LogP contribution in [-0.2, 0) is 9.53 Å². The number of hydrogen-bond acceptors (Lipinski definition) is 3. The molecule has 0 amide bonds. The molecule has 0 bridgehead atoms. The van der Waals surface area contributed by atoms with Crippen LogP contribution in [0.1, 0.15) is 143 Å². The van der Waals surface area contributed by atoms with Gasteiger partial charge in [0, 0.05) is 13.1 Å². The van der Waals surface area contributed by atoms with Gasteiger partial charge in [-0.05, 0) is 45.4 Å². The Hall–Kier alpha value is -0.610. The average molecular weight is 472 g/mol. The molecule has 0 aromatic heterocycles. The van der Waals surface area contributed by atoms with Gasteiger partial charge >= 0.3 is 0 Å². The summed E-state index contributed by atoms with van der Waals surface area (Å²) in [5, 5.41) is 8.89. The molecule has 0 unspecified atom stereocenters. The van der Waals surface area contributed by atoms with Gasteiger partial charge in [-0.2, -0.15) is 0 Å². The maximum Gasteiger partial charge on any atom is 0.102 e. The molecular weight excluding hydrogens is 410 g/mol. The molecule has 0 heterocycles. The van der Waals surface area contributed by atoms with Gasteiger partial charge in [-0.1, -0.05) is 97.8 Å². The Morgan fingerprint density at radius 3 is 1.12 bits per heavy atom. The van der Waals surface area contributed by atoms with Crippen molar-refractivity contribution in [3.63, 3.8) is 0 Å². The molecule has 0 atom stereocenters. The highest BCUT2D eigenvalue weighted by Crippen LogP contribution is 2.18. The predicted octanol–water partition coefficient (Wildman–Crippen LogP) is 7.29. The fourth-order valence-corrected chi connectivity index (χ4v) is 4.64. The largest absolute Gasteiger partial charge is 0.550 e. The third kappa shape index (κ3) is 27.5. The molecule has 0 saturated carbocycles. The Balaban J connectivity index is 0. The summed E-state index contributed by atoms with van der Waals surface area (Å²) < 4.78 is 6.90. The minimum atomic E-state index is -1.08. The molecule has 0 aromatic carbocycles. The Bertz CT molecular complexity index is 342. The lowest BCUT2D eigenvalue weighted by atomic mass is 10.1. The summed E-state index contributed by atoms with van der Waals surface area (Å²) in [5.74, 6) is -1.08. The number of methoxy groups -OCH3 is 1. The molecule has 0 aromatic rings. The van der Waals surface area contributed by atoms with Crippen molar-refractivity contribution in [3.8, 4) is 0 Å². The molecular formula is C29H61NO3. The highest BCUT2D eigenvalue weighted by molar-refractivity contribution is 5.60. The normalized spacial score (nSPS) is 11.3. The molecule has 33 heavy (non-hydrogen) atoms. The number of nitrogens with zero attached hydrogens (tertiary/aromatic N) is 1. The molecule has 0 N–H and O–H groups in total. The van der Waals surface area contributed by atoms with Gasteiger partial charge in [-0.3, -0.25) is 0 Å². The van der Waals surface area contributed by atoms with E-state index in [1.54, 1.807) is 0 Å². The van der Waals surface area contributed by atoms with E-state index in [1.807, 2.05) is 7.11 Å². The van der Waals surface area contributed by atoms with Gasteiger partial charge in [0.2, 0.25) is 0 Å². The van der Waals surface area contributed by atoms with Crippen LogP contribution in [0, 0.1) is 0 Å². The minimum absolute atomic E-state index is 0.932. The maximum atomic E-state index is 8.89. The van der Waals surface area contributed by atoms with Gasteiger partial charge in [0.25, 0.3) is 0 Å². The predicted molar refractivity (Wildman–Crippen MR) is 142 cm³/mol. The number of carboxylic acids is 1. The van der Waals surface area contributed by atoms with Crippen LogP contribution in [0.3, 0.4) is 0 Å². The van der Waals surface area contributed by atoms with Gasteiger partial charge in [-0.25, -0.2) is 0 Å². The molecule has 0 saturated heterocycles. The molecule has 0 aliphatic carbocycles. The Kier molecular flexibility index (Phi) is 28.9. The summed E-state index contributed by atoms with van der Waals surface area (Å²) in [4.78, 5) is 8.89. The Morgan fingerprint density at radius 2 is 0.848 bits per heavy atom. The Morgan fingerprint density at radius 1 is 0.576 bits per heavy atom. The van der Waals surface area contributed by atoms with E-state index in [2.05, 4.69) is 20.8 Å². The van der Waals surface area contributed by atoms with E-state index in [9.17, 15) is 0 Å². The molecule has 0 aliphatic heterocycles. The second-order valence-electron chi connectivity index (χ2n) is 10.0. The molecule has 0 aliphatic rings. The van der Waals surface area contributed by atoms with Gasteiger partial charge in [0.15, 0.2) is 0 Å². The van der Waals surface area contributed by atoms with Gasteiger partial charge in [-0.15, -0.1) is 0 Å². The van der Waals surface area contributed by atoms with Crippen LogP contribution in [0.5, 0.6) is 0 Å². The third-order valence-electron chi connectivity index (χ3n) is 6.73. The van der Waals surface area contributed by atoms with Gasteiger partial charge in [0.05, 0.1) is 26.2 Å². The van der Waals surface area contributed by atoms with E-state index in [0.717, 1.165) is 13.5 Å². The number of unbranched alkanes of at least 4 members (excludes halogenated alkanes) is 15. The topological polar surface area (TPSA) is 49.4 Å². The summed E-state index contributed by atoms with van der Waals surface area (Å²) in [6.07, 6.45) is 25.5. The summed E-state index contributed by atoms with van der Waals surface area (Å²) >= 11 is 0. The summed E-state index contributed by atoms with van der Waals surface area (Å²) in [7, 11) is 1.88. The number of rotatable bonds is 24. The monoisotopic (exact) mass is 471 g/mol. The number of carbonyl (C=O) groups is 1. The number of hydrogen-bond donors (Lipinski definition) is 0. The number of ether oxygens (including phenoxy) is 1. The lowest BCUT2D eigenvalue weighted by Gasteiger charge is -2.39. The van der Waals surface area contributed by atoms with Crippen molar-refractivity contribution in [3.05, 3.63) is 0 Å². The van der Waals surface area contributed by atoms with E-state index < -0.39 is 5.97 Å². The molecule has 4 nitrogen and oxygen atoms in total. The van der Waals surface area contributed by atoms with E-state index in [1.165, 1.54) is 146 Å². The molecule has 0 radical (unpaired) electrons. The zero-order valence-electron chi connectivity index (χ0n) is 23.4. The smallest absolute Gasteiger partial charge is 0.102 e. The van der Waals surface area contributed by atoms with Gasteiger partial charge < -0.3 is 19.1 Å². The van der Waals surface area contributed by atoms with Crippen molar-refractivity contribution >= 4 is 5.97 Å². The second-order valence-corrected chi connectivity index (χ2v) is 10.0. The Labute approximate surface area is 208 Å². The summed E-state index contributed by atoms with van der Waals surface area (Å²) in [6.45, 7) is 14.2. The lowest BCUT2D eigenvalue weighted by molar-refractivity contribution is -0.929. The summed E-state index contributed by atoms with van der Waals surface area (Å²) in [5.41, 5.74) is 0. The summed E-state index contributed by atoms with van der Waals surface area (Å²) in [6, 6.07) is 0. The maximum absolute atomic E-state index is 8.89. The third-order valence-corrected chi connectivity index (χ3v) is 6.73. The van der Waals surface area contributed by atoms with Crippen LogP contribution < -0.4 is 5.11 Å². The number of quaternary nitrogens is 1. The molecule has 0 fully saturated rings. The first-order valence-electron chi connectivity index (χ1n) is 14.5. The van der Waals surface area contributed by atoms with Crippen molar-refractivity contribution in [1.29, 1.82) is 0 Å². The first-order chi connectivity index (χ1) is 16.0. The zero-order valence-corrected chi connectivity index (χ0v) is 23.4. The van der Waals surface area contributed by atoms with E-state index in [-0.39, 0.29) is 0 Å². The van der Waals surface area contributed by atoms with E-state index in [4.69, 9.17) is 14.6 Å². The first kappa shape index (κ1) is 34.6. The average Bonchev–Trinajstić information content (AvgIpc) is 2.79. The van der Waals surface area contributed by atoms with Crippen molar-refractivity contribution in [2.24, 2.45) is 0 Å². The van der Waals surface area contributed by atoms with Crippen molar-refractivity contribution in [2.45, 2.75) is 143 Å². The zero-order chi connectivity index (χ0) is 25.0. The van der Waals surface area contributed by atoms with Crippen LogP contribution >= 0.6 is 0 Å². The molecule has 0 spiro atoms. The van der Waals surface area contributed by atoms with Crippen LogP contribution in [0.25, 0.3) is 0 Å².